The molecule has 0 saturated heterocycles. The second-order valence-electron chi connectivity index (χ2n) is 6.65. The number of fused-ring (bicyclic) bond motifs is 1. The van der Waals surface area contributed by atoms with Gasteiger partial charge in [0.2, 0.25) is 11.8 Å². The van der Waals surface area contributed by atoms with Crippen molar-refractivity contribution in [2.75, 3.05) is 32.1 Å². The van der Waals surface area contributed by atoms with Crippen LogP contribution in [0.2, 0.25) is 5.02 Å². The van der Waals surface area contributed by atoms with E-state index in [-0.39, 0.29) is 18.4 Å². The van der Waals surface area contributed by atoms with Gasteiger partial charge in [0.1, 0.15) is 24.7 Å². The number of rotatable bonds is 7. The minimum absolute atomic E-state index is 0.0420. The lowest BCUT2D eigenvalue weighted by Gasteiger charge is -2.19. The summed E-state index contributed by atoms with van der Waals surface area (Å²) in [7, 11) is 1.58. The average molecular weight is 427 g/mol. The molecule has 2 aromatic rings. The average Bonchev–Trinajstić information content (AvgIpc) is 2.76. The molecular weight excluding hydrogens is 404 g/mol. The second-order valence-corrected chi connectivity index (χ2v) is 7.09. The molecule has 0 radical (unpaired) electrons. The van der Waals surface area contributed by atoms with Crippen LogP contribution in [0.15, 0.2) is 60.2 Å². The highest BCUT2D eigenvalue weighted by Gasteiger charge is 2.15. The first-order valence-electron chi connectivity index (χ1n) is 9.52. The summed E-state index contributed by atoms with van der Waals surface area (Å²) in [5.41, 5.74) is 2.35. The summed E-state index contributed by atoms with van der Waals surface area (Å²) in [6.45, 7) is 2.56. The van der Waals surface area contributed by atoms with E-state index in [0.717, 1.165) is 16.9 Å². The summed E-state index contributed by atoms with van der Waals surface area (Å²) >= 11 is 6.03. The third-order valence-corrected chi connectivity index (χ3v) is 4.78. The number of benzene rings is 2. The zero-order valence-electron chi connectivity index (χ0n) is 16.9. The van der Waals surface area contributed by atoms with Gasteiger partial charge >= 0.3 is 0 Å². The molecular formula is C23H23ClN2O4. The lowest BCUT2D eigenvalue weighted by atomic mass is 10.1. The van der Waals surface area contributed by atoms with Crippen molar-refractivity contribution in [1.29, 1.82) is 0 Å². The van der Waals surface area contributed by atoms with E-state index in [0.29, 0.717) is 29.6 Å². The van der Waals surface area contributed by atoms with Crippen LogP contribution < -0.4 is 14.8 Å². The van der Waals surface area contributed by atoms with Gasteiger partial charge in [0.25, 0.3) is 0 Å². The molecule has 0 aliphatic carbocycles. The maximum Gasteiger partial charge on any atom is 0.247 e. The Labute approximate surface area is 180 Å². The molecule has 2 amide bonds. The number of halogens is 1. The van der Waals surface area contributed by atoms with Crippen LogP contribution in [-0.4, -0.2) is 43.5 Å². The van der Waals surface area contributed by atoms with E-state index in [9.17, 15) is 9.59 Å². The molecule has 1 N–H and O–H groups in total. The van der Waals surface area contributed by atoms with Crippen LogP contribution in [0.5, 0.6) is 11.5 Å². The first-order chi connectivity index (χ1) is 14.5. The number of carbonyl (C=O) groups is 2. The lowest BCUT2D eigenvalue weighted by molar-refractivity contribution is -0.130. The van der Waals surface area contributed by atoms with Gasteiger partial charge in [-0.3, -0.25) is 9.59 Å². The van der Waals surface area contributed by atoms with Crippen molar-refractivity contribution in [1.82, 2.24) is 4.90 Å². The van der Waals surface area contributed by atoms with E-state index in [1.807, 2.05) is 25.1 Å². The van der Waals surface area contributed by atoms with Gasteiger partial charge in [0, 0.05) is 28.9 Å². The van der Waals surface area contributed by atoms with Crippen molar-refractivity contribution in [2.45, 2.75) is 6.92 Å². The summed E-state index contributed by atoms with van der Waals surface area (Å²) < 4.78 is 10.8. The molecule has 7 heteroatoms. The molecule has 1 heterocycles. The number of nitrogens with one attached hydrogen (secondary N) is 1. The van der Waals surface area contributed by atoms with Crippen LogP contribution in [0.4, 0.5) is 5.69 Å². The van der Waals surface area contributed by atoms with Gasteiger partial charge in [0.05, 0.1) is 7.11 Å². The Balaban J connectivity index is 1.59. The fourth-order valence-corrected chi connectivity index (χ4v) is 3.12. The summed E-state index contributed by atoms with van der Waals surface area (Å²) in [4.78, 5) is 26.3. The molecule has 156 valence electrons. The number of likely N-dealkylation sites (N-methyl/N-ethyl adjacent to an activating group) is 1. The number of hydrogen-bond donors (Lipinski definition) is 1. The van der Waals surface area contributed by atoms with E-state index >= 15 is 0 Å². The normalized spacial score (nSPS) is 12.6. The predicted octanol–water partition coefficient (Wildman–Crippen LogP) is 4.17. The Morgan fingerprint density at radius 1 is 1.23 bits per heavy atom. The first-order valence-corrected chi connectivity index (χ1v) is 9.90. The zero-order valence-corrected chi connectivity index (χ0v) is 17.6. The third-order valence-electron chi connectivity index (χ3n) is 4.55. The Morgan fingerprint density at radius 2 is 2.00 bits per heavy atom. The standard InChI is InChI=1S/C23H23ClN2O4/c1-3-26(14-22(27)25-19-6-8-20(29-2)9-7-19)23(28)11-4-16-12-17-13-18(24)5-10-21(17)30-15-16/h4-13H,3,14-15H2,1-2H3,(H,25,27)/b11-4+. The van der Waals surface area contributed by atoms with Crippen LogP contribution in [0.3, 0.4) is 0 Å². The smallest absolute Gasteiger partial charge is 0.247 e. The molecule has 0 aromatic heterocycles. The van der Waals surface area contributed by atoms with Crippen LogP contribution in [0.1, 0.15) is 12.5 Å². The van der Waals surface area contributed by atoms with Crippen LogP contribution in [0.25, 0.3) is 6.08 Å². The van der Waals surface area contributed by atoms with Crippen LogP contribution in [0, 0.1) is 0 Å². The van der Waals surface area contributed by atoms with E-state index in [1.165, 1.54) is 11.0 Å². The molecule has 0 bridgehead atoms. The summed E-state index contributed by atoms with van der Waals surface area (Å²) in [6.07, 6.45) is 5.09. The lowest BCUT2D eigenvalue weighted by Crippen LogP contribution is -2.36. The minimum Gasteiger partial charge on any atom is -0.497 e. The topological polar surface area (TPSA) is 67.9 Å². The van der Waals surface area contributed by atoms with E-state index in [4.69, 9.17) is 21.1 Å². The number of amides is 2. The van der Waals surface area contributed by atoms with Gasteiger partial charge in [-0.05, 0) is 61.0 Å². The number of ether oxygens (including phenoxy) is 2. The molecule has 2 aromatic carbocycles. The molecule has 3 rings (SSSR count). The van der Waals surface area contributed by atoms with Gasteiger partial charge in [0.15, 0.2) is 0 Å². The van der Waals surface area contributed by atoms with Crippen LogP contribution >= 0.6 is 11.6 Å². The monoisotopic (exact) mass is 426 g/mol. The molecule has 0 unspecified atom stereocenters. The molecule has 1 aliphatic heterocycles. The van der Waals surface area contributed by atoms with Gasteiger partial charge in [-0.25, -0.2) is 0 Å². The maximum atomic E-state index is 12.5. The largest absolute Gasteiger partial charge is 0.497 e. The highest BCUT2D eigenvalue weighted by Crippen LogP contribution is 2.29. The Bertz CT molecular complexity index is 983. The number of nitrogens with zero attached hydrogens (tertiary/aromatic N) is 1. The maximum absolute atomic E-state index is 12.5. The molecule has 0 saturated carbocycles. The fourth-order valence-electron chi connectivity index (χ4n) is 2.94. The van der Waals surface area contributed by atoms with E-state index in [1.54, 1.807) is 43.5 Å². The molecule has 0 fully saturated rings. The van der Waals surface area contributed by atoms with E-state index < -0.39 is 0 Å². The Kier molecular flexibility index (Phi) is 7.14. The highest BCUT2D eigenvalue weighted by molar-refractivity contribution is 6.30. The predicted molar refractivity (Wildman–Crippen MR) is 118 cm³/mol. The number of anilines is 1. The molecule has 30 heavy (non-hydrogen) atoms. The number of hydrogen-bond acceptors (Lipinski definition) is 4. The van der Waals surface area contributed by atoms with Crippen molar-refractivity contribution < 1.29 is 19.1 Å². The minimum atomic E-state index is -0.271. The summed E-state index contributed by atoms with van der Waals surface area (Å²) in [5, 5.41) is 3.40. The van der Waals surface area contributed by atoms with Crippen molar-refractivity contribution in [3.63, 3.8) is 0 Å². The van der Waals surface area contributed by atoms with Crippen molar-refractivity contribution in [3.05, 3.63) is 70.8 Å². The summed E-state index contributed by atoms with van der Waals surface area (Å²) in [5.74, 6) is 0.940. The number of methoxy groups -OCH3 is 1. The zero-order chi connectivity index (χ0) is 21.5. The van der Waals surface area contributed by atoms with E-state index in [2.05, 4.69) is 5.32 Å². The Hall–Kier alpha value is -3.25. The van der Waals surface area contributed by atoms with Crippen LogP contribution in [-0.2, 0) is 9.59 Å². The van der Waals surface area contributed by atoms with Gasteiger partial charge in [-0.2, -0.15) is 0 Å². The van der Waals surface area contributed by atoms with Crippen molar-refractivity contribution in [2.24, 2.45) is 0 Å². The third kappa shape index (κ3) is 5.64. The molecule has 0 spiro atoms. The molecule has 0 atom stereocenters. The van der Waals surface area contributed by atoms with Crippen molar-refractivity contribution in [3.8, 4) is 11.5 Å². The Morgan fingerprint density at radius 3 is 2.70 bits per heavy atom. The van der Waals surface area contributed by atoms with Gasteiger partial charge in [-0.15, -0.1) is 0 Å². The summed E-state index contributed by atoms with van der Waals surface area (Å²) in [6, 6.07) is 12.4. The van der Waals surface area contributed by atoms with Crippen molar-refractivity contribution >= 4 is 35.2 Å². The highest BCUT2D eigenvalue weighted by atomic mass is 35.5. The number of carbonyl (C=O) groups excluding carboxylic acids is 2. The molecule has 1 aliphatic rings. The van der Waals surface area contributed by atoms with Gasteiger partial charge in [-0.1, -0.05) is 17.7 Å². The van der Waals surface area contributed by atoms with Gasteiger partial charge < -0.3 is 19.7 Å². The molecule has 6 nitrogen and oxygen atoms in total. The first kappa shape index (κ1) is 21.5. The second kappa shape index (κ2) is 9.98. The fraction of sp³-hybridized carbons (Fsp3) is 0.217. The quantitative estimate of drug-likeness (QED) is 0.675. The SMILES string of the molecule is CCN(CC(=O)Nc1ccc(OC)cc1)C(=O)/C=C/C1=Cc2cc(Cl)ccc2OC1.